The van der Waals surface area contributed by atoms with Crippen molar-refractivity contribution in [3.05, 3.63) is 72.0 Å². The van der Waals surface area contributed by atoms with Crippen molar-refractivity contribution in [2.24, 2.45) is 5.92 Å². The minimum atomic E-state index is -0.762. The van der Waals surface area contributed by atoms with Crippen LogP contribution in [0.5, 0.6) is 0 Å². The average molecular weight is 370 g/mol. The van der Waals surface area contributed by atoms with E-state index in [4.69, 9.17) is 10.2 Å². The summed E-state index contributed by atoms with van der Waals surface area (Å²) in [5.74, 6) is -0.448. The van der Waals surface area contributed by atoms with Gasteiger partial charge in [-0.2, -0.15) is 0 Å². The summed E-state index contributed by atoms with van der Waals surface area (Å²) in [7, 11) is 0. The maximum atomic E-state index is 10.6. The summed E-state index contributed by atoms with van der Waals surface area (Å²) in [6.45, 7) is 0. The van der Waals surface area contributed by atoms with E-state index in [-0.39, 0.29) is 24.4 Å². The highest BCUT2D eigenvalue weighted by Crippen LogP contribution is 2.41. The van der Waals surface area contributed by atoms with Crippen LogP contribution in [0.15, 0.2) is 66.5 Å². The van der Waals surface area contributed by atoms with Crippen molar-refractivity contribution in [1.29, 1.82) is 0 Å². The van der Waals surface area contributed by atoms with E-state index in [1.165, 1.54) is 11.1 Å². The zero-order valence-corrected chi connectivity index (χ0v) is 15.7. The number of unbranched alkanes of at least 4 members (excludes halogenated alkanes) is 1. The van der Waals surface area contributed by atoms with Gasteiger partial charge in [-0.3, -0.25) is 4.79 Å². The Morgan fingerprint density at radius 2 is 1.93 bits per heavy atom. The number of carboxylic acid groups (broad SMARTS) is 1. The molecule has 3 atom stereocenters. The maximum Gasteiger partial charge on any atom is 0.303 e. The second-order valence-corrected chi connectivity index (χ2v) is 7.03. The molecule has 0 heterocycles. The molecule has 4 heteroatoms. The van der Waals surface area contributed by atoms with Crippen LogP contribution in [0.4, 0.5) is 0 Å². The molecule has 0 bridgehead atoms. The monoisotopic (exact) mass is 370 g/mol. The van der Waals surface area contributed by atoms with Crippen molar-refractivity contribution in [2.45, 2.75) is 57.0 Å². The van der Waals surface area contributed by atoms with Crippen molar-refractivity contribution in [3.8, 4) is 0 Å². The lowest BCUT2D eigenvalue weighted by molar-refractivity contribution is -0.137. The van der Waals surface area contributed by atoms with Crippen molar-refractivity contribution >= 4 is 5.97 Å². The fourth-order valence-corrected chi connectivity index (χ4v) is 3.77. The molecule has 2 rings (SSSR count). The Balaban J connectivity index is 2.04. The minimum absolute atomic E-state index is 0.0871. The van der Waals surface area contributed by atoms with E-state index in [0.717, 1.165) is 31.9 Å². The van der Waals surface area contributed by atoms with Crippen LogP contribution >= 0.6 is 0 Å². The number of aliphatic hydroxyl groups is 2. The van der Waals surface area contributed by atoms with Crippen molar-refractivity contribution in [3.63, 3.8) is 0 Å². The Kier molecular flexibility index (Phi) is 8.85. The molecule has 4 nitrogen and oxygen atoms in total. The molecule has 0 saturated heterocycles. The predicted octanol–water partition coefficient (Wildman–Crippen LogP) is 5.13. The van der Waals surface area contributed by atoms with Crippen LogP contribution in [0.2, 0.25) is 0 Å². The zero-order chi connectivity index (χ0) is 19.5. The number of benzene rings is 1. The first-order valence-corrected chi connectivity index (χ1v) is 9.72. The van der Waals surface area contributed by atoms with Crippen LogP contribution in [0.3, 0.4) is 0 Å². The molecule has 27 heavy (non-hydrogen) atoms. The van der Waals surface area contributed by atoms with Crippen LogP contribution in [0.25, 0.3) is 0 Å². The Morgan fingerprint density at radius 3 is 2.63 bits per heavy atom. The number of allylic oxidation sites excluding steroid dienone is 3. The minimum Gasteiger partial charge on any atom is -0.516 e. The highest BCUT2D eigenvalue weighted by Gasteiger charge is 2.32. The number of hydrogen-bond donors (Lipinski definition) is 3. The normalized spacial score (nSPS) is 21.0. The van der Waals surface area contributed by atoms with E-state index in [2.05, 4.69) is 24.3 Å². The van der Waals surface area contributed by atoms with Gasteiger partial charge in [0.1, 0.15) is 0 Å². The summed E-state index contributed by atoms with van der Waals surface area (Å²) in [6.07, 6.45) is 13.4. The molecule has 0 aromatic heterocycles. The molecule has 0 spiro atoms. The van der Waals surface area contributed by atoms with Gasteiger partial charge in [-0.1, -0.05) is 60.2 Å². The molecule has 0 radical (unpaired) electrons. The summed E-state index contributed by atoms with van der Waals surface area (Å²) < 4.78 is 0. The fraction of sp³-hybridized carbons (Fsp3) is 0.435. The summed E-state index contributed by atoms with van der Waals surface area (Å²) in [4.78, 5) is 10.6. The van der Waals surface area contributed by atoms with Crippen molar-refractivity contribution in [1.82, 2.24) is 0 Å². The Bertz CT molecular complexity index is 660. The molecule has 146 valence electrons. The number of aliphatic hydroxyl groups excluding tert-OH is 2. The molecule has 0 aliphatic heterocycles. The number of carbonyl (C=O) groups is 1. The van der Waals surface area contributed by atoms with E-state index in [0.29, 0.717) is 12.8 Å². The molecule has 1 aromatic carbocycles. The SMILES string of the molecule is O=C(O)CCC/C=C\CC1C(C(CCC=CO)c2ccccc2)=CCC1O. The summed E-state index contributed by atoms with van der Waals surface area (Å²) in [5.41, 5.74) is 2.51. The van der Waals surface area contributed by atoms with Gasteiger partial charge in [0, 0.05) is 18.3 Å². The molecule has 3 unspecified atom stereocenters. The smallest absolute Gasteiger partial charge is 0.303 e. The second kappa shape index (κ2) is 11.4. The first kappa shape index (κ1) is 21.0. The maximum absolute atomic E-state index is 10.6. The van der Waals surface area contributed by atoms with Gasteiger partial charge in [-0.15, -0.1) is 0 Å². The Hall–Kier alpha value is -2.33. The molecule has 1 aliphatic carbocycles. The van der Waals surface area contributed by atoms with Gasteiger partial charge in [0.05, 0.1) is 12.4 Å². The van der Waals surface area contributed by atoms with Crippen LogP contribution in [-0.4, -0.2) is 27.4 Å². The largest absolute Gasteiger partial charge is 0.516 e. The summed E-state index contributed by atoms with van der Waals surface area (Å²) in [6, 6.07) is 10.3. The van der Waals surface area contributed by atoms with E-state index < -0.39 is 5.97 Å². The van der Waals surface area contributed by atoms with Crippen molar-refractivity contribution < 1.29 is 20.1 Å². The van der Waals surface area contributed by atoms with E-state index in [9.17, 15) is 9.90 Å². The molecule has 1 aliphatic rings. The van der Waals surface area contributed by atoms with Gasteiger partial charge in [0.2, 0.25) is 0 Å². The highest BCUT2D eigenvalue weighted by atomic mass is 16.4. The van der Waals surface area contributed by atoms with Crippen LogP contribution in [0.1, 0.15) is 56.4 Å². The number of rotatable bonds is 11. The van der Waals surface area contributed by atoms with Gasteiger partial charge in [0.25, 0.3) is 0 Å². The summed E-state index contributed by atoms with van der Waals surface area (Å²) >= 11 is 0. The fourth-order valence-electron chi connectivity index (χ4n) is 3.77. The third kappa shape index (κ3) is 6.72. The third-order valence-corrected chi connectivity index (χ3v) is 5.14. The Morgan fingerprint density at radius 1 is 1.15 bits per heavy atom. The van der Waals surface area contributed by atoms with E-state index in [1.54, 1.807) is 6.08 Å². The lowest BCUT2D eigenvalue weighted by Gasteiger charge is -2.26. The van der Waals surface area contributed by atoms with Gasteiger partial charge < -0.3 is 15.3 Å². The van der Waals surface area contributed by atoms with Gasteiger partial charge in [-0.05, 0) is 44.1 Å². The molecule has 3 N–H and O–H groups in total. The predicted molar refractivity (Wildman–Crippen MR) is 108 cm³/mol. The Labute approximate surface area is 161 Å². The zero-order valence-electron chi connectivity index (χ0n) is 15.7. The highest BCUT2D eigenvalue weighted by molar-refractivity contribution is 5.66. The number of carboxylic acids is 1. The third-order valence-electron chi connectivity index (χ3n) is 5.14. The summed E-state index contributed by atoms with van der Waals surface area (Å²) in [5, 5.41) is 28.1. The quantitative estimate of drug-likeness (QED) is 0.287. The van der Waals surface area contributed by atoms with E-state index >= 15 is 0 Å². The lowest BCUT2D eigenvalue weighted by Crippen LogP contribution is -2.19. The molecular weight excluding hydrogens is 340 g/mol. The van der Waals surface area contributed by atoms with Crippen LogP contribution in [0, 0.1) is 5.92 Å². The van der Waals surface area contributed by atoms with Crippen molar-refractivity contribution in [2.75, 3.05) is 0 Å². The molecule has 1 aromatic rings. The van der Waals surface area contributed by atoms with Gasteiger partial charge in [-0.25, -0.2) is 0 Å². The first-order chi connectivity index (χ1) is 13.1. The average Bonchev–Trinajstić information content (AvgIpc) is 3.02. The number of hydrogen-bond acceptors (Lipinski definition) is 3. The molecule has 0 fully saturated rings. The molecular formula is C23H30O4. The second-order valence-electron chi connectivity index (χ2n) is 7.03. The standard InChI is InChI=1S/C23H30O4/c24-17-9-8-12-19(18-10-4-3-5-11-18)20-15-16-22(25)21(20)13-6-1-2-7-14-23(26)27/h1,3-6,9-11,15,17,19,21-22,24-25H,2,7-8,12-14,16H2,(H,26,27)/b6-1-,17-9?. The first-order valence-electron chi connectivity index (χ1n) is 9.72. The van der Waals surface area contributed by atoms with Crippen LogP contribution < -0.4 is 0 Å². The number of aliphatic carboxylic acids is 1. The van der Waals surface area contributed by atoms with Gasteiger partial charge >= 0.3 is 5.97 Å². The molecule has 0 saturated carbocycles. The van der Waals surface area contributed by atoms with E-state index in [1.807, 2.05) is 24.3 Å². The lowest BCUT2D eigenvalue weighted by atomic mass is 9.80. The van der Waals surface area contributed by atoms with Gasteiger partial charge in [0.15, 0.2) is 0 Å². The van der Waals surface area contributed by atoms with Crippen LogP contribution in [-0.2, 0) is 4.79 Å². The molecule has 0 amide bonds. The topological polar surface area (TPSA) is 77.8 Å².